The fourth-order valence-electron chi connectivity index (χ4n) is 3.42. The van der Waals surface area contributed by atoms with Crippen molar-refractivity contribution in [1.82, 2.24) is 5.32 Å². The number of rotatable bonds is 6. The molecule has 1 aliphatic rings. The molecule has 2 aromatic rings. The van der Waals surface area contributed by atoms with E-state index in [1.807, 2.05) is 30.3 Å². The SMILES string of the molecule is COc1cc(F)c(C2CC(=O)NC[C@H]2CC(=O)OCc2ccccc2)c(F)c1. The zero-order chi connectivity index (χ0) is 20.1. The van der Waals surface area contributed by atoms with Crippen LogP contribution in [-0.4, -0.2) is 25.5 Å². The molecule has 5 nitrogen and oxygen atoms in total. The van der Waals surface area contributed by atoms with Gasteiger partial charge in [0.25, 0.3) is 0 Å². The Hall–Kier alpha value is -2.96. The number of amides is 1. The van der Waals surface area contributed by atoms with Crippen LogP contribution in [0.4, 0.5) is 8.78 Å². The molecule has 1 aliphatic heterocycles. The molecule has 2 aromatic carbocycles. The Morgan fingerprint density at radius 1 is 1.18 bits per heavy atom. The van der Waals surface area contributed by atoms with Crippen molar-refractivity contribution in [3.8, 4) is 5.75 Å². The minimum Gasteiger partial charge on any atom is -0.497 e. The maximum atomic E-state index is 14.5. The van der Waals surface area contributed by atoms with Crippen LogP contribution in [0.15, 0.2) is 42.5 Å². The smallest absolute Gasteiger partial charge is 0.306 e. The predicted molar refractivity (Wildman–Crippen MR) is 97.6 cm³/mol. The van der Waals surface area contributed by atoms with E-state index in [2.05, 4.69) is 5.32 Å². The third kappa shape index (κ3) is 4.65. The molecule has 28 heavy (non-hydrogen) atoms. The number of carbonyl (C=O) groups excluding carboxylic acids is 2. The number of hydrogen-bond acceptors (Lipinski definition) is 4. The molecule has 1 N–H and O–H groups in total. The van der Waals surface area contributed by atoms with Gasteiger partial charge in [0.15, 0.2) is 0 Å². The highest BCUT2D eigenvalue weighted by Crippen LogP contribution is 2.37. The van der Waals surface area contributed by atoms with Crippen LogP contribution in [0.2, 0.25) is 0 Å². The van der Waals surface area contributed by atoms with Crippen LogP contribution < -0.4 is 10.1 Å². The molecule has 0 bridgehead atoms. The van der Waals surface area contributed by atoms with Crippen molar-refractivity contribution in [2.24, 2.45) is 5.92 Å². The molecular formula is C21H21F2NO4. The minimum atomic E-state index is -0.792. The summed E-state index contributed by atoms with van der Waals surface area (Å²) in [5.41, 5.74) is 0.646. The van der Waals surface area contributed by atoms with Gasteiger partial charge in [-0.25, -0.2) is 8.78 Å². The zero-order valence-electron chi connectivity index (χ0n) is 15.4. The third-order valence-corrected chi connectivity index (χ3v) is 4.87. The van der Waals surface area contributed by atoms with Crippen LogP contribution in [0.1, 0.15) is 29.9 Å². The standard InChI is InChI=1S/C21H21F2NO4/c1-27-15-8-17(22)21(18(23)9-15)16-10-19(25)24-11-14(16)7-20(26)28-12-13-5-3-2-4-6-13/h2-6,8-9,14,16H,7,10-12H2,1H3,(H,24,25)/t14-,16?/m1/s1. The maximum absolute atomic E-state index is 14.5. The Bertz CT molecular complexity index is 834. The summed E-state index contributed by atoms with van der Waals surface area (Å²) in [5, 5.41) is 2.66. The van der Waals surface area contributed by atoms with E-state index in [4.69, 9.17) is 9.47 Å². The molecule has 0 spiro atoms. The van der Waals surface area contributed by atoms with Gasteiger partial charge in [0.1, 0.15) is 24.0 Å². The molecule has 0 radical (unpaired) electrons. The zero-order valence-corrected chi connectivity index (χ0v) is 15.4. The lowest BCUT2D eigenvalue weighted by molar-refractivity contribution is -0.147. The Labute approximate surface area is 161 Å². The van der Waals surface area contributed by atoms with Crippen LogP contribution in [-0.2, 0) is 20.9 Å². The molecule has 1 amide bonds. The summed E-state index contributed by atoms with van der Waals surface area (Å²) in [6.07, 6.45) is -0.153. The van der Waals surface area contributed by atoms with E-state index in [9.17, 15) is 18.4 Å². The van der Waals surface area contributed by atoms with E-state index < -0.39 is 29.4 Å². The van der Waals surface area contributed by atoms with Gasteiger partial charge in [-0.1, -0.05) is 30.3 Å². The summed E-state index contributed by atoms with van der Waals surface area (Å²) in [6, 6.07) is 11.4. The molecule has 7 heteroatoms. The molecule has 2 atom stereocenters. The summed E-state index contributed by atoms with van der Waals surface area (Å²) in [7, 11) is 1.31. The average Bonchev–Trinajstić information content (AvgIpc) is 2.68. The first-order chi connectivity index (χ1) is 13.5. The van der Waals surface area contributed by atoms with Crippen LogP contribution in [0.25, 0.3) is 0 Å². The number of halogens is 2. The summed E-state index contributed by atoms with van der Waals surface area (Å²) >= 11 is 0. The topological polar surface area (TPSA) is 64.6 Å². The normalized spacial score (nSPS) is 19.0. The van der Waals surface area contributed by atoms with Crippen LogP contribution in [0, 0.1) is 17.6 Å². The number of nitrogens with one attached hydrogen (secondary N) is 1. The molecule has 0 aliphatic carbocycles. The van der Waals surface area contributed by atoms with Gasteiger partial charge >= 0.3 is 5.97 Å². The lowest BCUT2D eigenvalue weighted by Gasteiger charge is -2.31. The van der Waals surface area contributed by atoms with Gasteiger partial charge in [0.05, 0.1) is 13.5 Å². The van der Waals surface area contributed by atoms with Crippen LogP contribution in [0.5, 0.6) is 5.75 Å². The highest BCUT2D eigenvalue weighted by atomic mass is 19.1. The van der Waals surface area contributed by atoms with E-state index in [1.54, 1.807) is 0 Å². The van der Waals surface area contributed by atoms with Crippen molar-refractivity contribution < 1.29 is 27.8 Å². The number of hydrogen-bond donors (Lipinski definition) is 1. The van der Waals surface area contributed by atoms with E-state index in [1.165, 1.54) is 7.11 Å². The predicted octanol–water partition coefficient (Wildman–Crippen LogP) is 3.33. The summed E-state index contributed by atoms with van der Waals surface area (Å²) in [4.78, 5) is 24.1. The van der Waals surface area contributed by atoms with Crippen LogP contribution in [0.3, 0.4) is 0 Å². The second-order valence-corrected chi connectivity index (χ2v) is 6.73. The largest absolute Gasteiger partial charge is 0.497 e. The van der Waals surface area contributed by atoms with Gasteiger partial charge in [0.2, 0.25) is 5.91 Å². The van der Waals surface area contributed by atoms with Crippen molar-refractivity contribution in [3.05, 3.63) is 65.2 Å². The molecule has 1 fully saturated rings. The Morgan fingerprint density at radius 3 is 2.50 bits per heavy atom. The second kappa shape index (κ2) is 8.82. The van der Waals surface area contributed by atoms with Crippen LogP contribution >= 0.6 is 0 Å². The van der Waals surface area contributed by atoms with Gasteiger partial charge in [-0.2, -0.15) is 0 Å². The maximum Gasteiger partial charge on any atom is 0.306 e. The molecule has 0 saturated carbocycles. The summed E-state index contributed by atoms with van der Waals surface area (Å²) < 4.78 is 39.2. The van der Waals surface area contributed by atoms with Crippen molar-refractivity contribution in [3.63, 3.8) is 0 Å². The molecule has 1 unspecified atom stereocenters. The Balaban J connectivity index is 1.74. The number of methoxy groups -OCH3 is 1. The van der Waals surface area contributed by atoms with Crippen molar-refractivity contribution >= 4 is 11.9 Å². The highest BCUT2D eigenvalue weighted by Gasteiger charge is 2.36. The second-order valence-electron chi connectivity index (χ2n) is 6.73. The molecular weight excluding hydrogens is 368 g/mol. The van der Waals surface area contributed by atoms with Gasteiger partial charge in [-0.15, -0.1) is 0 Å². The monoisotopic (exact) mass is 389 g/mol. The van der Waals surface area contributed by atoms with E-state index in [0.29, 0.717) is 0 Å². The van der Waals surface area contributed by atoms with E-state index in [-0.39, 0.29) is 43.2 Å². The molecule has 148 valence electrons. The fraction of sp³-hybridized carbons (Fsp3) is 0.333. The molecule has 3 rings (SSSR count). The summed E-state index contributed by atoms with van der Waals surface area (Å²) in [6.45, 7) is 0.267. The Kier molecular flexibility index (Phi) is 6.23. The van der Waals surface area contributed by atoms with Crippen molar-refractivity contribution in [1.29, 1.82) is 0 Å². The Morgan fingerprint density at radius 2 is 1.86 bits per heavy atom. The van der Waals surface area contributed by atoms with Crippen molar-refractivity contribution in [2.75, 3.05) is 13.7 Å². The number of carbonyl (C=O) groups is 2. The minimum absolute atomic E-state index is 0.0529. The number of ether oxygens (including phenoxy) is 2. The molecule has 1 heterocycles. The summed E-state index contributed by atoms with van der Waals surface area (Å²) in [5.74, 6) is -3.56. The highest BCUT2D eigenvalue weighted by molar-refractivity contribution is 5.78. The first kappa shape index (κ1) is 19.8. The molecule has 1 saturated heterocycles. The third-order valence-electron chi connectivity index (χ3n) is 4.87. The van der Waals surface area contributed by atoms with Gasteiger partial charge in [-0.05, 0) is 11.5 Å². The first-order valence-electron chi connectivity index (χ1n) is 8.97. The number of esters is 1. The van der Waals surface area contributed by atoms with Crippen molar-refractivity contribution in [2.45, 2.75) is 25.4 Å². The quantitative estimate of drug-likeness (QED) is 0.770. The lowest BCUT2D eigenvalue weighted by Crippen LogP contribution is -2.41. The van der Waals surface area contributed by atoms with E-state index in [0.717, 1.165) is 17.7 Å². The van der Waals surface area contributed by atoms with Gasteiger partial charge in [-0.3, -0.25) is 9.59 Å². The first-order valence-corrected chi connectivity index (χ1v) is 8.97. The number of benzene rings is 2. The average molecular weight is 389 g/mol. The lowest BCUT2D eigenvalue weighted by atomic mass is 9.78. The van der Waals surface area contributed by atoms with Gasteiger partial charge in [0, 0.05) is 36.6 Å². The molecule has 0 aromatic heterocycles. The van der Waals surface area contributed by atoms with Gasteiger partial charge < -0.3 is 14.8 Å². The number of piperidine rings is 1. The van der Waals surface area contributed by atoms with E-state index >= 15 is 0 Å². The fourth-order valence-corrected chi connectivity index (χ4v) is 3.42.